The van der Waals surface area contributed by atoms with Gasteiger partial charge in [0.15, 0.2) is 0 Å². The Morgan fingerprint density at radius 2 is 1.75 bits per heavy atom. The summed E-state index contributed by atoms with van der Waals surface area (Å²) in [7, 11) is 0. The van der Waals surface area contributed by atoms with E-state index < -0.39 is 0 Å². The van der Waals surface area contributed by atoms with Crippen molar-refractivity contribution in [2.75, 3.05) is 0 Å². The van der Waals surface area contributed by atoms with Crippen molar-refractivity contribution in [2.24, 2.45) is 5.41 Å². The maximum Gasteiger partial charge on any atom is -0.0121 e. The molecule has 0 unspecified atom stereocenters. The third-order valence-corrected chi connectivity index (χ3v) is 1.80. The summed E-state index contributed by atoms with van der Waals surface area (Å²) in [5.41, 5.74) is 0.222. The van der Waals surface area contributed by atoms with Gasteiger partial charge < -0.3 is 0 Å². The zero-order valence-corrected chi connectivity index (χ0v) is 6.28. The minimum absolute atomic E-state index is 0.222. The van der Waals surface area contributed by atoms with Crippen LogP contribution in [0, 0.1) is 11.3 Å². The van der Waals surface area contributed by atoms with Crippen molar-refractivity contribution in [1.82, 2.24) is 0 Å². The van der Waals surface area contributed by atoms with Crippen molar-refractivity contribution < 1.29 is 0 Å². The minimum atomic E-state index is 0.222. The Bertz CT molecular complexity index is 78.0. The average molecular weight is 111 g/mol. The van der Waals surface area contributed by atoms with Crippen molar-refractivity contribution in [3.05, 3.63) is 18.6 Å². The molecule has 1 radical (unpaired) electrons. The number of hydrogen-bond acceptors (Lipinski definition) is 0. The first-order valence-electron chi connectivity index (χ1n) is 2.95. The SMILES string of the molecule is C=CC(C)(C)[C](C)C. The van der Waals surface area contributed by atoms with Crippen LogP contribution in [0.5, 0.6) is 0 Å². The van der Waals surface area contributed by atoms with Crippen LogP contribution in [0.1, 0.15) is 27.7 Å². The highest BCUT2D eigenvalue weighted by Crippen LogP contribution is 2.28. The van der Waals surface area contributed by atoms with Gasteiger partial charge in [-0.15, -0.1) is 6.58 Å². The fraction of sp³-hybridized carbons (Fsp3) is 0.625. The van der Waals surface area contributed by atoms with E-state index in [1.165, 1.54) is 5.92 Å². The molecule has 0 rings (SSSR count). The highest BCUT2D eigenvalue weighted by atomic mass is 14.2. The summed E-state index contributed by atoms with van der Waals surface area (Å²) >= 11 is 0. The first-order chi connectivity index (χ1) is 3.50. The van der Waals surface area contributed by atoms with Crippen LogP contribution in [0.4, 0.5) is 0 Å². The molecule has 0 bridgehead atoms. The molecule has 0 spiro atoms. The summed E-state index contributed by atoms with van der Waals surface area (Å²) in [6, 6.07) is 0. The van der Waals surface area contributed by atoms with Crippen LogP contribution < -0.4 is 0 Å². The molecular formula is C8H15. The van der Waals surface area contributed by atoms with Gasteiger partial charge in [-0.2, -0.15) is 0 Å². The third-order valence-electron chi connectivity index (χ3n) is 1.80. The highest BCUT2D eigenvalue weighted by Gasteiger charge is 2.17. The molecule has 0 N–H and O–H groups in total. The van der Waals surface area contributed by atoms with Crippen LogP contribution in [0.15, 0.2) is 12.7 Å². The molecule has 0 saturated carbocycles. The van der Waals surface area contributed by atoms with Crippen LogP contribution in [0.2, 0.25) is 0 Å². The van der Waals surface area contributed by atoms with E-state index in [-0.39, 0.29) is 5.41 Å². The van der Waals surface area contributed by atoms with Gasteiger partial charge in [0.1, 0.15) is 0 Å². The van der Waals surface area contributed by atoms with Crippen molar-refractivity contribution in [3.63, 3.8) is 0 Å². The van der Waals surface area contributed by atoms with E-state index in [1.807, 2.05) is 6.08 Å². The van der Waals surface area contributed by atoms with E-state index >= 15 is 0 Å². The predicted octanol–water partition coefficient (Wildman–Crippen LogP) is 2.81. The van der Waals surface area contributed by atoms with Crippen molar-refractivity contribution in [1.29, 1.82) is 0 Å². The molecule has 0 heteroatoms. The maximum atomic E-state index is 3.73. The molecule has 0 saturated heterocycles. The lowest BCUT2D eigenvalue weighted by Crippen LogP contribution is -2.12. The topological polar surface area (TPSA) is 0 Å². The van der Waals surface area contributed by atoms with Crippen molar-refractivity contribution in [3.8, 4) is 0 Å². The van der Waals surface area contributed by atoms with E-state index in [0.29, 0.717) is 0 Å². The molecule has 0 amide bonds. The number of allylic oxidation sites excluding steroid dienone is 1. The normalized spacial score (nSPS) is 12.1. The quantitative estimate of drug-likeness (QED) is 0.481. The molecule has 0 heterocycles. The summed E-state index contributed by atoms with van der Waals surface area (Å²) < 4.78 is 0. The Balaban J connectivity index is 3.90. The van der Waals surface area contributed by atoms with Crippen molar-refractivity contribution in [2.45, 2.75) is 27.7 Å². The Morgan fingerprint density at radius 3 is 1.75 bits per heavy atom. The van der Waals surface area contributed by atoms with Crippen LogP contribution >= 0.6 is 0 Å². The Hall–Kier alpha value is -0.260. The molecule has 0 aromatic heterocycles. The van der Waals surface area contributed by atoms with Gasteiger partial charge in [0.25, 0.3) is 0 Å². The van der Waals surface area contributed by atoms with Gasteiger partial charge in [0, 0.05) is 0 Å². The highest BCUT2D eigenvalue weighted by molar-refractivity contribution is 5.05. The molecule has 0 aromatic rings. The molecule has 0 fully saturated rings. The Labute approximate surface area is 52.6 Å². The zero-order chi connectivity index (χ0) is 6.78. The van der Waals surface area contributed by atoms with Crippen molar-refractivity contribution >= 4 is 0 Å². The Morgan fingerprint density at radius 1 is 1.38 bits per heavy atom. The molecule has 0 aliphatic heterocycles. The second kappa shape index (κ2) is 2.34. The maximum absolute atomic E-state index is 3.73. The second-order valence-corrected chi connectivity index (χ2v) is 2.93. The monoisotopic (exact) mass is 111 g/mol. The molecule has 47 valence electrons. The molecule has 0 aliphatic rings. The van der Waals surface area contributed by atoms with Gasteiger partial charge in [-0.3, -0.25) is 0 Å². The summed E-state index contributed by atoms with van der Waals surface area (Å²) in [6.07, 6.45) is 1.97. The summed E-state index contributed by atoms with van der Waals surface area (Å²) in [4.78, 5) is 0. The lowest BCUT2D eigenvalue weighted by molar-refractivity contribution is 0.506. The zero-order valence-electron chi connectivity index (χ0n) is 6.28. The van der Waals surface area contributed by atoms with Crippen LogP contribution in [-0.2, 0) is 0 Å². The Kier molecular flexibility index (Phi) is 2.26. The van der Waals surface area contributed by atoms with E-state index in [0.717, 1.165) is 0 Å². The molecular weight excluding hydrogens is 96.1 g/mol. The standard InChI is InChI=1S/C8H15/c1-6-8(4,5)7(2)3/h6H,1H2,2-5H3. The smallest absolute Gasteiger partial charge is 0.0121 e. The van der Waals surface area contributed by atoms with Crippen LogP contribution in [-0.4, -0.2) is 0 Å². The number of rotatable bonds is 2. The molecule has 0 aliphatic carbocycles. The van der Waals surface area contributed by atoms with E-state index in [4.69, 9.17) is 0 Å². The van der Waals surface area contributed by atoms with Crippen LogP contribution in [0.3, 0.4) is 0 Å². The lowest BCUT2D eigenvalue weighted by atomic mass is 9.82. The summed E-state index contributed by atoms with van der Waals surface area (Å²) in [6.45, 7) is 12.3. The average Bonchev–Trinajstić information content (AvgIpc) is 1.67. The fourth-order valence-corrected chi connectivity index (χ4v) is 0.204. The summed E-state index contributed by atoms with van der Waals surface area (Å²) in [5.74, 6) is 1.41. The third kappa shape index (κ3) is 1.69. The first kappa shape index (κ1) is 7.74. The first-order valence-corrected chi connectivity index (χ1v) is 2.95. The number of hydrogen-bond donors (Lipinski definition) is 0. The molecule has 0 atom stereocenters. The fourth-order valence-electron chi connectivity index (χ4n) is 0.204. The summed E-state index contributed by atoms with van der Waals surface area (Å²) in [5, 5.41) is 0. The van der Waals surface area contributed by atoms with Gasteiger partial charge >= 0.3 is 0 Å². The van der Waals surface area contributed by atoms with E-state index in [9.17, 15) is 0 Å². The van der Waals surface area contributed by atoms with Gasteiger partial charge in [0.2, 0.25) is 0 Å². The second-order valence-electron chi connectivity index (χ2n) is 2.93. The molecule has 0 aromatic carbocycles. The van der Waals surface area contributed by atoms with Gasteiger partial charge in [-0.05, 0) is 11.3 Å². The van der Waals surface area contributed by atoms with Crippen LogP contribution in [0.25, 0.3) is 0 Å². The minimum Gasteiger partial charge on any atom is -0.103 e. The van der Waals surface area contributed by atoms with Gasteiger partial charge in [-0.25, -0.2) is 0 Å². The largest absolute Gasteiger partial charge is 0.103 e. The molecule has 0 nitrogen and oxygen atoms in total. The predicted molar refractivity (Wildman–Crippen MR) is 38.6 cm³/mol. The van der Waals surface area contributed by atoms with E-state index in [2.05, 4.69) is 34.3 Å². The van der Waals surface area contributed by atoms with E-state index in [1.54, 1.807) is 0 Å². The molecule has 8 heavy (non-hydrogen) atoms. The van der Waals surface area contributed by atoms with Gasteiger partial charge in [-0.1, -0.05) is 33.8 Å². The van der Waals surface area contributed by atoms with Gasteiger partial charge in [0.05, 0.1) is 0 Å². The lowest BCUT2D eigenvalue weighted by Gasteiger charge is -2.23.